The van der Waals surface area contributed by atoms with Gasteiger partial charge in [0, 0.05) is 6.42 Å². The van der Waals surface area contributed by atoms with E-state index in [1.807, 2.05) is 12.1 Å². The van der Waals surface area contributed by atoms with Gasteiger partial charge in [0.1, 0.15) is 5.75 Å². The van der Waals surface area contributed by atoms with Crippen molar-refractivity contribution in [2.45, 2.75) is 117 Å². The second-order valence-electron chi connectivity index (χ2n) is 8.98. The fourth-order valence-corrected chi connectivity index (χ4v) is 3.69. The summed E-state index contributed by atoms with van der Waals surface area (Å²) in [5, 5.41) is 10.5. The molecule has 1 N–H and O–H groups in total. The molecule has 0 aliphatic heterocycles. The van der Waals surface area contributed by atoms with Crippen molar-refractivity contribution < 1.29 is 14.6 Å². The lowest BCUT2D eigenvalue weighted by molar-refractivity contribution is -0.143. The van der Waals surface area contributed by atoms with E-state index in [1.165, 1.54) is 44.9 Å². The Morgan fingerprint density at radius 3 is 1.83 bits per heavy atom. The number of hydrogen-bond acceptors (Lipinski definition) is 3. The van der Waals surface area contributed by atoms with Crippen molar-refractivity contribution in [1.82, 2.24) is 0 Å². The van der Waals surface area contributed by atoms with E-state index < -0.39 is 0 Å². The Balaban J connectivity index is 2.29. The average Bonchev–Trinajstić information content (AvgIpc) is 2.68. The van der Waals surface area contributed by atoms with Gasteiger partial charge in [0.25, 0.3) is 0 Å². The number of unbranched alkanes of at least 4 members (excludes halogenated alkanes) is 8. The fraction of sp³-hybridized carbons (Fsp3) is 0.731. The van der Waals surface area contributed by atoms with Crippen molar-refractivity contribution in [3.05, 3.63) is 28.8 Å². The highest BCUT2D eigenvalue weighted by Gasteiger charge is 2.15. The van der Waals surface area contributed by atoms with Gasteiger partial charge in [0.15, 0.2) is 0 Å². The fourth-order valence-electron chi connectivity index (χ4n) is 3.69. The summed E-state index contributed by atoms with van der Waals surface area (Å²) >= 11 is 0. The molecule has 0 fully saturated rings. The van der Waals surface area contributed by atoms with Crippen LogP contribution in [0.15, 0.2) is 12.1 Å². The highest BCUT2D eigenvalue weighted by atomic mass is 16.5. The number of rotatable bonds is 15. The molecule has 0 amide bonds. The molecule has 0 radical (unpaired) electrons. The Kier molecular flexibility index (Phi) is 12.7. The number of esters is 1. The van der Waals surface area contributed by atoms with Crippen LogP contribution in [0.5, 0.6) is 5.75 Å². The van der Waals surface area contributed by atoms with Crippen LogP contribution in [-0.2, 0) is 16.0 Å². The van der Waals surface area contributed by atoms with Crippen LogP contribution < -0.4 is 0 Å². The van der Waals surface area contributed by atoms with Crippen molar-refractivity contribution in [3.63, 3.8) is 0 Å². The number of phenols is 1. The van der Waals surface area contributed by atoms with Crippen molar-refractivity contribution in [2.75, 3.05) is 6.61 Å². The van der Waals surface area contributed by atoms with Crippen molar-refractivity contribution >= 4 is 5.97 Å². The third-order valence-electron chi connectivity index (χ3n) is 5.60. The molecule has 0 saturated heterocycles. The van der Waals surface area contributed by atoms with Crippen LogP contribution in [-0.4, -0.2) is 17.7 Å². The first-order valence-electron chi connectivity index (χ1n) is 11.9. The van der Waals surface area contributed by atoms with Gasteiger partial charge >= 0.3 is 5.97 Å². The second-order valence-corrected chi connectivity index (χ2v) is 8.98. The summed E-state index contributed by atoms with van der Waals surface area (Å²) < 4.78 is 5.41. The zero-order valence-corrected chi connectivity index (χ0v) is 19.6. The lowest BCUT2D eigenvalue weighted by atomic mass is 9.90. The van der Waals surface area contributed by atoms with E-state index in [-0.39, 0.29) is 17.8 Å². The normalized spacial score (nSPS) is 11.4. The quantitative estimate of drug-likeness (QED) is 0.241. The summed E-state index contributed by atoms with van der Waals surface area (Å²) in [5.74, 6) is 0.804. The molecule has 1 aromatic rings. The minimum Gasteiger partial charge on any atom is -0.507 e. The van der Waals surface area contributed by atoms with Gasteiger partial charge < -0.3 is 9.84 Å². The maximum atomic E-state index is 12.1. The number of benzene rings is 1. The zero-order chi connectivity index (χ0) is 21.6. The van der Waals surface area contributed by atoms with E-state index >= 15 is 0 Å². The van der Waals surface area contributed by atoms with Gasteiger partial charge in [-0.25, -0.2) is 0 Å². The van der Waals surface area contributed by atoms with Crippen LogP contribution in [0.3, 0.4) is 0 Å². The van der Waals surface area contributed by atoms with E-state index in [9.17, 15) is 9.90 Å². The molecular weight excluding hydrogens is 360 g/mol. The Morgan fingerprint density at radius 2 is 1.34 bits per heavy atom. The summed E-state index contributed by atoms with van der Waals surface area (Å²) in [4.78, 5) is 12.1. The van der Waals surface area contributed by atoms with Crippen LogP contribution in [0.2, 0.25) is 0 Å². The molecule has 1 aromatic carbocycles. The number of phenolic OH excluding ortho intramolecular Hbond substituents is 1. The van der Waals surface area contributed by atoms with Gasteiger partial charge in [0.05, 0.1) is 6.61 Å². The van der Waals surface area contributed by atoms with Crippen molar-refractivity contribution in [3.8, 4) is 5.75 Å². The van der Waals surface area contributed by atoms with Crippen molar-refractivity contribution in [2.24, 2.45) is 0 Å². The summed E-state index contributed by atoms with van der Waals surface area (Å²) in [7, 11) is 0. The summed E-state index contributed by atoms with van der Waals surface area (Å²) in [6.45, 7) is 11.1. The minimum atomic E-state index is -0.116. The molecule has 0 saturated carbocycles. The van der Waals surface area contributed by atoms with Crippen molar-refractivity contribution in [1.29, 1.82) is 0 Å². The summed E-state index contributed by atoms with van der Waals surface area (Å²) in [6, 6.07) is 4.08. The maximum Gasteiger partial charge on any atom is 0.306 e. The first kappa shape index (κ1) is 25.5. The molecule has 0 bridgehead atoms. The Morgan fingerprint density at radius 1 is 0.862 bits per heavy atom. The number of hydrogen-bond donors (Lipinski definition) is 1. The van der Waals surface area contributed by atoms with E-state index in [0.717, 1.165) is 29.5 Å². The molecular formula is C26H44O3. The molecule has 3 heteroatoms. The number of aromatic hydroxyl groups is 1. The van der Waals surface area contributed by atoms with Gasteiger partial charge in [-0.05, 0) is 41.4 Å². The van der Waals surface area contributed by atoms with E-state index in [4.69, 9.17) is 4.74 Å². The lowest BCUT2D eigenvalue weighted by Crippen LogP contribution is -2.08. The lowest BCUT2D eigenvalue weighted by Gasteiger charge is -2.17. The van der Waals surface area contributed by atoms with Crippen LogP contribution >= 0.6 is 0 Å². The first-order valence-corrected chi connectivity index (χ1v) is 11.9. The highest BCUT2D eigenvalue weighted by Crippen LogP contribution is 2.35. The molecule has 1 rings (SSSR count). The monoisotopic (exact) mass is 404 g/mol. The molecule has 0 heterocycles. The Bertz CT molecular complexity index is 561. The Labute approximate surface area is 179 Å². The van der Waals surface area contributed by atoms with E-state index in [2.05, 4.69) is 34.6 Å². The predicted octanol–water partition coefficient (Wildman–Crippen LogP) is 7.65. The molecule has 0 aliphatic rings. The van der Waals surface area contributed by atoms with Crippen LogP contribution in [0.4, 0.5) is 0 Å². The number of carbonyl (C=O) groups excluding carboxylic acids is 1. The third-order valence-corrected chi connectivity index (χ3v) is 5.60. The van der Waals surface area contributed by atoms with Crippen LogP contribution in [0.25, 0.3) is 0 Å². The van der Waals surface area contributed by atoms with Gasteiger partial charge in [-0.3, -0.25) is 4.79 Å². The number of aryl methyl sites for hydroxylation is 1. The maximum absolute atomic E-state index is 12.1. The smallest absolute Gasteiger partial charge is 0.306 e. The number of carbonyl (C=O) groups is 1. The van der Waals surface area contributed by atoms with Gasteiger partial charge in [-0.1, -0.05) is 98.1 Å². The largest absolute Gasteiger partial charge is 0.507 e. The van der Waals surface area contributed by atoms with Gasteiger partial charge in [0.2, 0.25) is 0 Å². The molecule has 0 aromatic heterocycles. The second kappa shape index (κ2) is 14.5. The highest BCUT2D eigenvalue weighted by molar-refractivity contribution is 5.69. The Hall–Kier alpha value is -1.51. The molecule has 166 valence electrons. The minimum absolute atomic E-state index is 0.116. The standard InChI is InChI=1S/C26H44O3/c1-6-7-8-9-10-11-12-13-14-17-29-25(27)16-15-22-18-23(20(2)3)26(28)24(19-22)21(4)5/h18-21,28H,6-17H2,1-5H3. The molecule has 0 spiro atoms. The summed E-state index contributed by atoms with van der Waals surface area (Å²) in [5.41, 5.74) is 3.04. The molecule has 0 aliphatic carbocycles. The SMILES string of the molecule is CCCCCCCCCCCOC(=O)CCc1cc(C(C)C)c(O)c(C(C)C)c1. The summed E-state index contributed by atoms with van der Waals surface area (Å²) in [6.07, 6.45) is 12.4. The molecule has 29 heavy (non-hydrogen) atoms. The van der Waals surface area contributed by atoms with Gasteiger partial charge in [-0.2, -0.15) is 0 Å². The van der Waals surface area contributed by atoms with Crippen LogP contribution in [0, 0.1) is 0 Å². The topological polar surface area (TPSA) is 46.5 Å². The molecule has 0 atom stereocenters. The average molecular weight is 405 g/mol. The zero-order valence-electron chi connectivity index (χ0n) is 19.6. The van der Waals surface area contributed by atoms with Crippen LogP contribution in [0.1, 0.15) is 127 Å². The van der Waals surface area contributed by atoms with E-state index in [1.54, 1.807) is 0 Å². The third kappa shape index (κ3) is 10.2. The molecule has 0 unspecified atom stereocenters. The predicted molar refractivity (Wildman–Crippen MR) is 123 cm³/mol. The molecule has 3 nitrogen and oxygen atoms in total. The van der Waals surface area contributed by atoms with E-state index in [0.29, 0.717) is 25.2 Å². The number of ether oxygens (including phenoxy) is 1. The first-order chi connectivity index (χ1) is 13.9. The van der Waals surface area contributed by atoms with Gasteiger partial charge in [-0.15, -0.1) is 0 Å².